The van der Waals surface area contributed by atoms with Gasteiger partial charge in [0.05, 0.1) is 12.3 Å². The maximum absolute atomic E-state index is 13.7. The Morgan fingerprint density at radius 1 is 0.929 bits per heavy atom. The number of hydrogen-bond acceptors (Lipinski definition) is 7. The van der Waals surface area contributed by atoms with Crippen LogP contribution in [0.5, 0.6) is 0 Å². The molecule has 1 heterocycles. The van der Waals surface area contributed by atoms with Crippen molar-refractivity contribution in [2.24, 2.45) is 0 Å². The predicted octanol–water partition coefficient (Wildman–Crippen LogP) is 5.28. The zero-order valence-corrected chi connectivity index (χ0v) is 24.1. The highest BCUT2D eigenvalue weighted by Gasteiger charge is 2.20. The zero-order valence-electron chi connectivity index (χ0n) is 23.3. The maximum Gasteiger partial charge on any atom is 0.326 e. The van der Waals surface area contributed by atoms with Gasteiger partial charge < -0.3 is 5.32 Å². The van der Waals surface area contributed by atoms with E-state index in [1.54, 1.807) is 53.4 Å². The van der Waals surface area contributed by atoms with Crippen molar-refractivity contribution in [3.63, 3.8) is 0 Å². The number of carbonyl (C=O) groups excluding carboxylic acids is 2. The quantitative estimate of drug-likeness (QED) is 0.241. The highest BCUT2D eigenvalue weighted by Crippen LogP contribution is 2.33. The molecule has 1 fully saturated rings. The van der Waals surface area contributed by atoms with Gasteiger partial charge in [0.2, 0.25) is 0 Å². The van der Waals surface area contributed by atoms with Crippen molar-refractivity contribution in [2.45, 2.75) is 50.3 Å². The molecular formula is C30H33N7O4S. The van der Waals surface area contributed by atoms with Crippen molar-refractivity contribution in [1.29, 1.82) is 0 Å². The Morgan fingerprint density at radius 2 is 1.67 bits per heavy atom. The number of aromatic amines is 1. The van der Waals surface area contributed by atoms with Gasteiger partial charge in [0.1, 0.15) is 0 Å². The van der Waals surface area contributed by atoms with Crippen LogP contribution in [-0.2, 0) is 22.1 Å². The summed E-state index contributed by atoms with van der Waals surface area (Å²) in [6.45, 7) is 0.240. The zero-order chi connectivity index (χ0) is 29.5. The molecule has 0 radical (unpaired) electrons. The number of nitrogens with one attached hydrogen (secondary N) is 3. The Bertz CT molecular complexity index is 1620. The molecule has 4 aromatic rings. The fraction of sp³-hybridized carbons (Fsp3) is 0.300. The van der Waals surface area contributed by atoms with Crippen molar-refractivity contribution in [3.8, 4) is 0 Å². The van der Waals surface area contributed by atoms with Gasteiger partial charge in [0, 0.05) is 23.2 Å². The number of hydrogen-bond donors (Lipinski definition) is 3. The number of tetrazole rings is 1. The smallest absolute Gasteiger partial charge is 0.308 e. The number of amides is 3. The molecule has 0 atom stereocenters. The fourth-order valence-corrected chi connectivity index (χ4v) is 5.99. The van der Waals surface area contributed by atoms with E-state index in [-0.39, 0.29) is 30.2 Å². The van der Waals surface area contributed by atoms with Crippen LogP contribution in [0.15, 0.2) is 72.8 Å². The number of H-pyrrole nitrogens is 1. The molecule has 0 spiro atoms. The SMILES string of the molecule is CS(=O)(=O)Cc1cccc(NC(=O)N(Cc2ccc(C(=O)Nc3nn[nH]n3)cc2)c2ccc(C3CCCCC3)cc2)c1. The first kappa shape index (κ1) is 28.9. The molecule has 0 unspecified atom stereocenters. The van der Waals surface area contributed by atoms with E-state index in [0.717, 1.165) is 11.3 Å². The van der Waals surface area contributed by atoms with Gasteiger partial charge in [0.15, 0.2) is 9.84 Å². The van der Waals surface area contributed by atoms with E-state index >= 15 is 0 Å². The lowest BCUT2D eigenvalue weighted by atomic mass is 9.84. The molecule has 0 saturated heterocycles. The second-order valence-corrected chi connectivity index (χ2v) is 12.7. The summed E-state index contributed by atoms with van der Waals surface area (Å²) in [5.41, 5.74) is 4.30. The Labute approximate surface area is 244 Å². The topological polar surface area (TPSA) is 150 Å². The molecule has 1 saturated carbocycles. The summed E-state index contributed by atoms with van der Waals surface area (Å²) in [5, 5.41) is 18.6. The third-order valence-corrected chi connectivity index (χ3v) is 8.12. The summed E-state index contributed by atoms with van der Waals surface area (Å²) in [7, 11) is -3.22. The second-order valence-electron chi connectivity index (χ2n) is 10.6. The maximum atomic E-state index is 13.7. The first-order valence-corrected chi connectivity index (χ1v) is 15.9. The van der Waals surface area contributed by atoms with Crippen LogP contribution in [0.4, 0.5) is 22.1 Å². The van der Waals surface area contributed by atoms with Gasteiger partial charge in [-0.1, -0.05) is 60.8 Å². The third-order valence-electron chi connectivity index (χ3n) is 7.26. The lowest BCUT2D eigenvalue weighted by Gasteiger charge is -2.26. The molecule has 1 aromatic heterocycles. The normalized spacial score (nSPS) is 13.8. The van der Waals surface area contributed by atoms with Crippen LogP contribution in [0, 0.1) is 0 Å². The van der Waals surface area contributed by atoms with E-state index in [1.165, 1.54) is 43.9 Å². The number of aromatic nitrogens is 4. The Balaban J connectivity index is 1.36. The van der Waals surface area contributed by atoms with Crippen molar-refractivity contribution >= 4 is 39.1 Å². The van der Waals surface area contributed by atoms with Crippen molar-refractivity contribution in [3.05, 3.63) is 95.1 Å². The second kappa shape index (κ2) is 12.9. The van der Waals surface area contributed by atoms with E-state index < -0.39 is 9.84 Å². The molecule has 12 heteroatoms. The lowest BCUT2D eigenvalue weighted by Crippen LogP contribution is -2.34. The summed E-state index contributed by atoms with van der Waals surface area (Å²) in [4.78, 5) is 27.8. The molecule has 3 aromatic carbocycles. The van der Waals surface area contributed by atoms with Crippen LogP contribution in [0.3, 0.4) is 0 Å². The number of rotatable bonds is 9. The molecule has 1 aliphatic carbocycles. The molecule has 3 N–H and O–H groups in total. The van der Waals surface area contributed by atoms with Crippen molar-refractivity contribution < 1.29 is 18.0 Å². The number of sulfone groups is 1. The van der Waals surface area contributed by atoms with Crippen LogP contribution < -0.4 is 15.5 Å². The van der Waals surface area contributed by atoms with E-state index in [0.29, 0.717) is 22.7 Å². The summed E-state index contributed by atoms with van der Waals surface area (Å²) < 4.78 is 23.6. The van der Waals surface area contributed by atoms with Crippen LogP contribution >= 0.6 is 0 Å². The lowest BCUT2D eigenvalue weighted by molar-refractivity contribution is 0.102. The van der Waals surface area contributed by atoms with E-state index in [9.17, 15) is 18.0 Å². The van der Waals surface area contributed by atoms with Crippen LogP contribution in [0.25, 0.3) is 0 Å². The molecule has 0 aliphatic heterocycles. The number of urea groups is 1. The van der Waals surface area contributed by atoms with Gasteiger partial charge in [-0.05, 0) is 77.1 Å². The third kappa shape index (κ3) is 7.78. The van der Waals surface area contributed by atoms with E-state index in [1.807, 2.05) is 12.1 Å². The van der Waals surface area contributed by atoms with Crippen molar-refractivity contribution in [2.75, 3.05) is 21.8 Å². The van der Waals surface area contributed by atoms with Crippen molar-refractivity contribution in [1.82, 2.24) is 20.6 Å². The van der Waals surface area contributed by atoms with Gasteiger partial charge >= 0.3 is 6.03 Å². The fourth-order valence-electron chi connectivity index (χ4n) is 5.21. The van der Waals surface area contributed by atoms with Gasteiger partial charge in [-0.2, -0.15) is 5.21 Å². The standard InChI is InChI=1S/C30H33N7O4S/c1-42(40,41)20-22-6-5-9-26(18-22)31-30(39)37(27-16-14-24(15-17-27)23-7-3-2-4-8-23)19-21-10-12-25(13-11-21)28(38)32-29-33-35-36-34-29/h5-6,9-18,23H,2-4,7-8,19-20H2,1H3,(H,31,39)(H2,32,33,34,35,36,38). The van der Waals surface area contributed by atoms with Crippen LogP contribution in [-0.4, -0.2) is 47.2 Å². The molecule has 0 bridgehead atoms. The van der Waals surface area contributed by atoms with E-state index in [2.05, 4.69) is 43.4 Å². The number of carbonyl (C=O) groups is 2. The molecule has 3 amide bonds. The van der Waals surface area contributed by atoms with Gasteiger partial charge in [0.25, 0.3) is 11.9 Å². The first-order chi connectivity index (χ1) is 20.2. The largest absolute Gasteiger partial charge is 0.326 e. The highest BCUT2D eigenvalue weighted by atomic mass is 32.2. The van der Waals surface area contributed by atoms with Crippen LogP contribution in [0.2, 0.25) is 0 Å². The number of nitrogens with zero attached hydrogens (tertiary/aromatic N) is 4. The molecular weight excluding hydrogens is 554 g/mol. The van der Waals surface area contributed by atoms with Gasteiger partial charge in [-0.3, -0.25) is 15.0 Å². The number of benzene rings is 3. The Kier molecular flexibility index (Phi) is 8.91. The summed E-state index contributed by atoms with van der Waals surface area (Å²) >= 11 is 0. The minimum Gasteiger partial charge on any atom is -0.308 e. The number of anilines is 3. The minimum absolute atomic E-state index is 0.0733. The predicted molar refractivity (Wildman–Crippen MR) is 161 cm³/mol. The molecule has 1 aliphatic rings. The minimum atomic E-state index is -3.22. The molecule has 218 valence electrons. The van der Waals surface area contributed by atoms with Crippen LogP contribution in [0.1, 0.15) is 65.1 Å². The summed E-state index contributed by atoms with van der Waals surface area (Å²) in [6.07, 6.45) is 7.30. The molecule has 42 heavy (non-hydrogen) atoms. The monoisotopic (exact) mass is 587 g/mol. The summed E-state index contributed by atoms with van der Waals surface area (Å²) in [5.74, 6) is 0.114. The van der Waals surface area contributed by atoms with Gasteiger partial charge in [-0.25, -0.2) is 13.2 Å². The Hall–Kier alpha value is -4.58. The van der Waals surface area contributed by atoms with Gasteiger partial charge in [-0.15, -0.1) is 5.10 Å². The summed E-state index contributed by atoms with van der Waals surface area (Å²) in [6, 6.07) is 21.5. The van der Waals surface area contributed by atoms with E-state index in [4.69, 9.17) is 0 Å². The average molecular weight is 588 g/mol. The Morgan fingerprint density at radius 3 is 2.33 bits per heavy atom. The first-order valence-electron chi connectivity index (χ1n) is 13.8. The molecule has 5 rings (SSSR count). The molecule has 11 nitrogen and oxygen atoms in total. The average Bonchev–Trinajstić information content (AvgIpc) is 3.49. The highest BCUT2D eigenvalue weighted by molar-refractivity contribution is 7.89.